The van der Waals surface area contributed by atoms with Crippen LogP contribution in [0.2, 0.25) is 5.02 Å². The molecule has 1 heterocycles. The third-order valence-corrected chi connectivity index (χ3v) is 7.27. The van der Waals surface area contributed by atoms with Crippen LogP contribution in [0.4, 0.5) is 0 Å². The Balaban J connectivity index is 1.20. The van der Waals surface area contributed by atoms with Crippen molar-refractivity contribution in [3.63, 3.8) is 0 Å². The molecule has 0 unspecified atom stereocenters. The fourth-order valence-corrected chi connectivity index (χ4v) is 4.98. The number of amides is 1. The molecule has 0 atom stereocenters. The Morgan fingerprint density at radius 3 is 2.41 bits per heavy atom. The number of hydrazone groups is 1. The zero-order valence-corrected chi connectivity index (χ0v) is 24.1. The third-order valence-electron chi connectivity index (χ3n) is 6.18. The molecule has 5 nitrogen and oxygen atoms in total. The summed E-state index contributed by atoms with van der Waals surface area (Å²) in [5.74, 6) is 0.503. The van der Waals surface area contributed by atoms with Crippen LogP contribution in [-0.4, -0.2) is 16.7 Å². The van der Waals surface area contributed by atoms with Crippen LogP contribution in [0.25, 0.3) is 16.9 Å². The highest BCUT2D eigenvalue weighted by Crippen LogP contribution is 2.27. The van der Waals surface area contributed by atoms with Crippen molar-refractivity contribution in [2.24, 2.45) is 5.10 Å². The van der Waals surface area contributed by atoms with E-state index in [2.05, 4.69) is 68.9 Å². The summed E-state index contributed by atoms with van der Waals surface area (Å²) in [4.78, 5) is 12.7. The topological polar surface area (TPSA) is 55.6 Å². The number of nitrogens with zero attached hydrogens (tertiary/aromatic N) is 2. The fraction of sp³-hybridized carbons (Fsp3) is 0.0625. The third kappa shape index (κ3) is 6.58. The van der Waals surface area contributed by atoms with Gasteiger partial charge in [0.25, 0.3) is 5.91 Å². The van der Waals surface area contributed by atoms with E-state index < -0.39 is 0 Å². The second-order valence-corrected chi connectivity index (χ2v) is 10.5. The Hall–Kier alpha value is -3.88. The SMILES string of the molecule is Cc1ccc(-c2ccccc2)n1-c1ccc(C(=O)N/N=C/c2ccc(OCc3ccc(Cl)cc3)c(I)c2)cc1. The van der Waals surface area contributed by atoms with Crippen LogP contribution in [0.15, 0.2) is 114 Å². The predicted octanol–water partition coefficient (Wildman–Crippen LogP) is 8.05. The molecule has 5 rings (SSSR count). The summed E-state index contributed by atoms with van der Waals surface area (Å²) in [5, 5.41) is 4.84. The van der Waals surface area contributed by atoms with E-state index in [0.29, 0.717) is 17.2 Å². The molecule has 0 aliphatic carbocycles. The van der Waals surface area contributed by atoms with Crippen molar-refractivity contribution >= 4 is 46.3 Å². The normalized spacial score (nSPS) is 11.1. The Bertz CT molecular complexity index is 1610. The minimum absolute atomic E-state index is 0.275. The van der Waals surface area contributed by atoms with Crippen molar-refractivity contribution < 1.29 is 9.53 Å². The zero-order chi connectivity index (χ0) is 27.2. The number of halogens is 2. The minimum atomic E-state index is -0.275. The monoisotopic (exact) mass is 645 g/mol. The maximum Gasteiger partial charge on any atom is 0.271 e. The predicted molar refractivity (Wildman–Crippen MR) is 166 cm³/mol. The summed E-state index contributed by atoms with van der Waals surface area (Å²) in [5.41, 5.74) is 9.38. The Morgan fingerprint density at radius 2 is 1.69 bits per heavy atom. The summed E-state index contributed by atoms with van der Waals surface area (Å²) in [6.45, 7) is 2.52. The molecule has 194 valence electrons. The van der Waals surface area contributed by atoms with E-state index in [4.69, 9.17) is 16.3 Å². The number of nitrogens with one attached hydrogen (secondary N) is 1. The summed E-state index contributed by atoms with van der Waals surface area (Å²) in [6, 6.07) is 35.3. The van der Waals surface area contributed by atoms with Gasteiger partial charge in [0.1, 0.15) is 12.4 Å². The van der Waals surface area contributed by atoms with E-state index in [1.807, 2.05) is 84.9 Å². The van der Waals surface area contributed by atoms with Gasteiger partial charge in [-0.05, 0) is 113 Å². The molecule has 0 spiro atoms. The van der Waals surface area contributed by atoms with E-state index in [9.17, 15) is 4.79 Å². The molecule has 0 aliphatic rings. The van der Waals surface area contributed by atoms with Gasteiger partial charge in [0.2, 0.25) is 0 Å². The van der Waals surface area contributed by atoms with Gasteiger partial charge in [-0.15, -0.1) is 0 Å². The number of carbonyl (C=O) groups excluding carboxylic acids is 1. The molecule has 0 fully saturated rings. The first kappa shape index (κ1) is 26.7. The number of hydrogen-bond acceptors (Lipinski definition) is 3. The quantitative estimate of drug-likeness (QED) is 0.105. The lowest BCUT2D eigenvalue weighted by atomic mass is 10.1. The largest absolute Gasteiger partial charge is 0.488 e. The molecule has 0 saturated heterocycles. The molecular formula is C32H25ClIN3O2. The average Bonchev–Trinajstić information content (AvgIpc) is 3.35. The summed E-state index contributed by atoms with van der Waals surface area (Å²) in [6.07, 6.45) is 1.62. The molecule has 0 aliphatic heterocycles. The van der Waals surface area contributed by atoms with Crippen molar-refractivity contribution in [2.45, 2.75) is 13.5 Å². The van der Waals surface area contributed by atoms with Gasteiger partial charge in [-0.25, -0.2) is 5.43 Å². The van der Waals surface area contributed by atoms with Gasteiger partial charge >= 0.3 is 0 Å². The minimum Gasteiger partial charge on any atom is -0.488 e. The molecular weight excluding hydrogens is 621 g/mol. The Morgan fingerprint density at radius 1 is 0.949 bits per heavy atom. The van der Waals surface area contributed by atoms with Crippen LogP contribution < -0.4 is 10.2 Å². The zero-order valence-electron chi connectivity index (χ0n) is 21.1. The standard InChI is InChI=1S/C32H25ClIN3O2/c1-22-7-17-30(25-5-3-2-4-6-25)37(22)28-15-11-26(12-16-28)32(38)36-35-20-24-10-18-31(29(34)19-24)39-21-23-8-13-27(33)14-9-23/h2-20H,21H2,1H3,(H,36,38)/b35-20+. The maximum atomic E-state index is 12.7. The van der Waals surface area contributed by atoms with Crippen molar-refractivity contribution in [1.82, 2.24) is 9.99 Å². The van der Waals surface area contributed by atoms with Crippen molar-refractivity contribution in [1.29, 1.82) is 0 Å². The lowest BCUT2D eigenvalue weighted by Gasteiger charge is -2.12. The van der Waals surface area contributed by atoms with Crippen LogP contribution in [0, 0.1) is 10.5 Å². The van der Waals surface area contributed by atoms with Gasteiger partial charge in [-0.3, -0.25) is 4.79 Å². The highest BCUT2D eigenvalue weighted by molar-refractivity contribution is 14.1. The van der Waals surface area contributed by atoms with E-state index in [-0.39, 0.29) is 5.91 Å². The summed E-state index contributed by atoms with van der Waals surface area (Å²) in [7, 11) is 0. The van der Waals surface area contributed by atoms with Crippen LogP contribution >= 0.6 is 34.2 Å². The van der Waals surface area contributed by atoms with E-state index in [1.54, 1.807) is 6.21 Å². The van der Waals surface area contributed by atoms with Gasteiger partial charge < -0.3 is 9.30 Å². The number of carbonyl (C=O) groups is 1. The second-order valence-electron chi connectivity index (χ2n) is 8.91. The Labute approximate surface area is 246 Å². The lowest BCUT2D eigenvalue weighted by Crippen LogP contribution is -2.17. The van der Waals surface area contributed by atoms with Gasteiger partial charge in [-0.2, -0.15) is 5.10 Å². The first-order valence-electron chi connectivity index (χ1n) is 12.3. The maximum absolute atomic E-state index is 12.7. The molecule has 0 saturated carbocycles. The number of rotatable bonds is 8. The first-order chi connectivity index (χ1) is 19.0. The second kappa shape index (κ2) is 12.3. The molecule has 1 N–H and O–H groups in total. The van der Waals surface area contributed by atoms with Crippen molar-refractivity contribution in [3.8, 4) is 22.7 Å². The lowest BCUT2D eigenvalue weighted by molar-refractivity contribution is 0.0955. The molecule has 4 aromatic carbocycles. The van der Waals surface area contributed by atoms with Crippen LogP contribution in [0.1, 0.15) is 27.2 Å². The fourth-order valence-electron chi connectivity index (χ4n) is 4.16. The summed E-state index contributed by atoms with van der Waals surface area (Å²) >= 11 is 8.17. The smallest absolute Gasteiger partial charge is 0.271 e. The average molecular weight is 646 g/mol. The Kier molecular flexibility index (Phi) is 8.44. The summed E-state index contributed by atoms with van der Waals surface area (Å²) < 4.78 is 9.05. The van der Waals surface area contributed by atoms with Crippen LogP contribution in [0.3, 0.4) is 0 Å². The highest BCUT2D eigenvalue weighted by atomic mass is 127. The number of aromatic nitrogens is 1. The molecule has 7 heteroatoms. The van der Waals surface area contributed by atoms with Crippen LogP contribution in [-0.2, 0) is 6.61 Å². The number of benzene rings is 4. The van der Waals surface area contributed by atoms with Gasteiger partial charge in [-0.1, -0.05) is 54.1 Å². The number of hydrogen-bond donors (Lipinski definition) is 1. The number of aryl methyl sites for hydroxylation is 1. The molecule has 0 radical (unpaired) electrons. The molecule has 1 aromatic heterocycles. The van der Waals surface area contributed by atoms with E-state index >= 15 is 0 Å². The van der Waals surface area contributed by atoms with Gasteiger partial charge in [0, 0.05) is 22.0 Å². The van der Waals surface area contributed by atoms with E-state index in [1.165, 1.54) is 0 Å². The molecule has 1 amide bonds. The van der Waals surface area contributed by atoms with Crippen LogP contribution in [0.5, 0.6) is 5.75 Å². The molecule has 39 heavy (non-hydrogen) atoms. The van der Waals surface area contributed by atoms with E-state index in [0.717, 1.165) is 43.1 Å². The number of ether oxygens (including phenoxy) is 1. The van der Waals surface area contributed by atoms with Crippen molar-refractivity contribution in [3.05, 3.63) is 140 Å². The molecule has 0 bridgehead atoms. The van der Waals surface area contributed by atoms with Gasteiger partial charge in [0.05, 0.1) is 15.5 Å². The molecule has 5 aromatic rings. The first-order valence-corrected chi connectivity index (χ1v) is 13.8. The van der Waals surface area contributed by atoms with Gasteiger partial charge in [0.15, 0.2) is 0 Å². The highest BCUT2D eigenvalue weighted by Gasteiger charge is 2.11. The van der Waals surface area contributed by atoms with Crippen molar-refractivity contribution in [2.75, 3.05) is 0 Å².